The second-order valence-corrected chi connectivity index (χ2v) is 5.12. The standard InChI is InChI=1S/C16H16N4O/c1-10-3-6-12(7-4-10)18-16-19-14-8-5-11(2)9-13(14)15(21)20(16)17/h3-9H,17H2,1-2H3,(H,18,19). The molecule has 0 aliphatic heterocycles. The number of rotatable bonds is 2. The van der Waals surface area contributed by atoms with E-state index in [2.05, 4.69) is 10.3 Å². The Labute approximate surface area is 122 Å². The molecule has 1 heterocycles. The molecule has 0 fully saturated rings. The number of fused-ring (bicyclic) bond motifs is 1. The van der Waals surface area contributed by atoms with Crippen LogP contribution in [0.15, 0.2) is 47.3 Å². The summed E-state index contributed by atoms with van der Waals surface area (Å²) in [5.41, 5.74) is 3.35. The number of nitrogen functional groups attached to an aromatic ring is 1. The third-order valence-corrected chi connectivity index (χ3v) is 3.36. The van der Waals surface area contributed by atoms with Crippen molar-refractivity contribution in [2.45, 2.75) is 13.8 Å². The SMILES string of the molecule is Cc1ccc(Nc2nc3ccc(C)cc3c(=O)n2N)cc1. The molecule has 3 N–H and O–H groups in total. The van der Waals surface area contributed by atoms with Crippen LogP contribution in [-0.4, -0.2) is 9.66 Å². The predicted octanol–water partition coefficient (Wildman–Crippen LogP) is 2.47. The molecule has 5 nitrogen and oxygen atoms in total. The van der Waals surface area contributed by atoms with Crippen LogP contribution in [0.4, 0.5) is 11.6 Å². The summed E-state index contributed by atoms with van der Waals surface area (Å²) in [6.45, 7) is 3.94. The molecule has 0 saturated heterocycles. The van der Waals surface area contributed by atoms with E-state index in [-0.39, 0.29) is 5.56 Å². The van der Waals surface area contributed by atoms with Gasteiger partial charge >= 0.3 is 0 Å². The molecule has 0 radical (unpaired) electrons. The molecule has 0 aliphatic rings. The smallest absolute Gasteiger partial charge is 0.281 e. The van der Waals surface area contributed by atoms with E-state index in [1.807, 2.05) is 50.2 Å². The molecule has 5 heteroatoms. The van der Waals surface area contributed by atoms with E-state index in [1.54, 1.807) is 6.07 Å². The molecule has 0 unspecified atom stereocenters. The zero-order valence-corrected chi connectivity index (χ0v) is 11.9. The van der Waals surface area contributed by atoms with Crippen molar-refractivity contribution >= 4 is 22.5 Å². The molecule has 1 aromatic heterocycles. The van der Waals surface area contributed by atoms with Gasteiger partial charge in [0.2, 0.25) is 5.95 Å². The molecule has 0 aliphatic carbocycles. The Kier molecular flexibility index (Phi) is 3.10. The second-order valence-electron chi connectivity index (χ2n) is 5.12. The van der Waals surface area contributed by atoms with Gasteiger partial charge in [0.15, 0.2) is 0 Å². The Morgan fingerprint density at radius 2 is 1.71 bits per heavy atom. The fourth-order valence-corrected chi connectivity index (χ4v) is 2.17. The number of anilines is 2. The minimum atomic E-state index is -0.265. The van der Waals surface area contributed by atoms with Gasteiger partial charge in [0.05, 0.1) is 10.9 Å². The maximum absolute atomic E-state index is 12.3. The molecule has 0 amide bonds. The molecule has 0 atom stereocenters. The summed E-state index contributed by atoms with van der Waals surface area (Å²) < 4.78 is 1.04. The van der Waals surface area contributed by atoms with Crippen molar-refractivity contribution in [3.63, 3.8) is 0 Å². The highest BCUT2D eigenvalue weighted by atomic mass is 16.1. The lowest BCUT2D eigenvalue weighted by atomic mass is 10.2. The van der Waals surface area contributed by atoms with Gasteiger partial charge in [-0.2, -0.15) is 4.68 Å². The van der Waals surface area contributed by atoms with Gasteiger partial charge in [-0.15, -0.1) is 0 Å². The maximum Gasteiger partial charge on any atom is 0.281 e. The predicted molar refractivity (Wildman–Crippen MR) is 85.4 cm³/mol. The van der Waals surface area contributed by atoms with Crippen molar-refractivity contribution in [2.24, 2.45) is 0 Å². The zero-order chi connectivity index (χ0) is 15.0. The highest BCUT2D eigenvalue weighted by molar-refractivity contribution is 5.80. The first-order chi connectivity index (χ1) is 10.0. The van der Waals surface area contributed by atoms with E-state index >= 15 is 0 Å². The van der Waals surface area contributed by atoms with E-state index in [0.29, 0.717) is 16.9 Å². The van der Waals surface area contributed by atoms with Crippen LogP contribution in [0.3, 0.4) is 0 Å². The van der Waals surface area contributed by atoms with E-state index in [9.17, 15) is 4.79 Å². The van der Waals surface area contributed by atoms with Gasteiger partial charge in [0.25, 0.3) is 5.56 Å². The molecular weight excluding hydrogens is 264 g/mol. The summed E-state index contributed by atoms with van der Waals surface area (Å²) in [7, 11) is 0. The van der Waals surface area contributed by atoms with Gasteiger partial charge in [-0.1, -0.05) is 29.3 Å². The van der Waals surface area contributed by atoms with E-state index in [4.69, 9.17) is 5.84 Å². The van der Waals surface area contributed by atoms with Crippen LogP contribution in [0.25, 0.3) is 10.9 Å². The Bertz CT molecular complexity index is 866. The monoisotopic (exact) mass is 280 g/mol. The third kappa shape index (κ3) is 2.45. The van der Waals surface area contributed by atoms with Crippen molar-refractivity contribution in [1.82, 2.24) is 9.66 Å². The molecule has 3 rings (SSSR count). The van der Waals surface area contributed by atoms with E-state index < -0.39 is 0 Å². The largest absolute Gasteiger partial charge is 0.333 e. The van der Waals surface area contributed by atoms with Crippen molar-refractivity contribution < 1.29 is 0 Å². The summed E-state index contributed by atoms with van der Waals surface area (Å²) in [4.78, 5) is 16.7. The Morgan fingerprint density at radius 3 is 2.43 bits per heavy atom. The zero-order valence-electron chi connectivity index (χ0n) is 11.9. The molecule has 2 aromatic carbocycles. The Hall–Kier alpha value is -2.82. The average molecular weight is 280 g/mol. The lowest BCUT2D eigenvalue weighted by Gasteiger charge is -2.11. The van der Waals surface area contributed by atoms with E-state index in [0.717, 1.165) is 21.5 Å². The average Bonchev–Trinajstić information content (AvgIpc) is 2.47. The van der Waals surface area contributed by atoms with Crippen LogP contribution >= 0.6 is 0 Å². The normalized spacial score (nSPS) is 10.8. The first kappa shape index (κ1) is 13.2. The molecule has 0 saturated carbocycles. The summed E-state index contributed by atoms with van der Waals surface area (Å²) >= 11 is 0. The summed E-state index contributed by atoms with van der Waals surface area (Å²) in [5.74, 6) is 6.18. The van der Waals surface area contributed by atoms with Crippen molar-refractivity contribution in [1.29, 1.82) is 0 Å². The van der Waals surface area contributed by atoms with Crippen molar-refractivity contribution in [3.05, 3.63) is 63.9 Å². The highest BCUT2D eigenvalue weighted by Gasteiger charge is 2.09. The van der Waals surface area contributed by atoms with Gasteiger partial charge in [-0.05, 0) is 38.1 Å². The molecule has 21 heavy (non-hydrogen) atoms. The quantitative estimate of drug-likeness (QED) is 0.707. The minimum absolute atomic E-state index is 0.265. The maximum atomic E-state index is 12.3. The van der Waals surface area contributed by atoms with Crippen LogP contribution in [0.2, 0.25) is 0 Å². The highest BCUT2D eigenvalue weighted by Crippen LogP contribution is 2.16. The van der Waals surface area contributed by atoms with Crippen LogP contribution in [-0.2, 0) is 0 Å². The van der Waals surface area contributed by atoms with Gasteiger partial charge < -0.3 is 11.2 Å². The molecule has 3 aromatic rings. The number of hydrogen-bond donors (Lipinski definition) is 2. The molecule has 0 spiro atoms. The topological polar surface area (TPSA) is 72.9 Å². The number of nitrogens with two attached hydrogens (primary N) is 1. The summed E-state index contributed by atoms with van der Waals surface area (Å²) in [6.07, 6.45) is 0. The first-order valence-corrected chi connectivity index (χ1v) is 6.67. The van der Waals surface area contributed by atoms with Gasteiger partial charge in [0.1, 0.15) is 0 Å². The second kappa shape index (κ2) is 4.94. The fraction of sp³-hybridized carbons (Fsp3) is 0.125. The minimum Gasteiger partial charge on any atom is -0.333 e. The Morgan fingerprint density at radius 1 is 1.05 bits per heavy atom. The van der Waals surface area contributed by atoms with Crippen LogP contribution in [0.5, 0.6) is 0 Å². The summed E-state index contributed by atoms with van der Waals surface area (Å²) in [6, 6.07) is 13.3. The van der Waals surface area contributed by atoms with Gasteiger partial charge in [0, 0.05) is 5.69 Å². The number of nitrogens with one attached hydrogen (secondary N) is 1. The van der Waals surface area contributed by atoms with Crippen LogP contribution < -0.4 is 16.7 Å². The summed E-state index contributed by atoms with van der Waals surface area (Å²) in [5, 5.41) is 3.59. The Balaban J connectivity index is 2.11. The number of benzene rings is 2. The lowest BCUT2D eigenvalue weighted by molar-refractivity contribution is 0.926. The van der Waals surface area contributed by atoms with E-state index in [1.165, 1.54) is 0 Å². The fourth-order valence-electron chi connectivity index (χ4n) is 2.17. The van der Waals surface area contributed by atoms with Crippen LogP contribution in [0.1, 0.15) is 11.1 Å². The lowest BCUT2D eigenvalue weighted by Crippen LogP contribution is -2.30. The van der Waals surface area contributed by atoms with Gasteiger partial charge in [-0.3, -0.25) is 4.79 Å². The van der Waals surface area contributed by atoms with Gasteiger partial charge in [-0.25, -0.2) is 4.98 Å². The molecule has 0 bridgehead atoms. The van der Waals surface area contributed by atoms with Crippen molar-refractivity contribution in [3.8, 4) is 0 Å². The molecular formula is C16H16N4O. The third-order valence-electron chi connectivity index (χ3n) is 3.36. The molecule has 106 valence electrons. The number of aromatic nitrogens is 2. The van der Waals surface area contributed by atoms with Crippen LogP contribution in [0, 0.1) is 13.8 Å². The van der Waals surface area contributed by atoms with Crippen molar-refractivity contribution in [2.75, 3.05) is 11.2 Å². The number of aryl methyl sites for hydroxylation is 2. The number of nitrogens with zero attached hydrogens (tertiary/aromatic N) is 2. The first-order valence-electron chi connectivity index (χ1n) is 6.67. The number of hydrogen-bond acceptors (Lipinski definition) is 4.